The van der Waals surface area contributed by atoms with Gasteiger partial charge in [0.25, 0.3) is 11.8 Å². The van der Waals surface area contributed by atoms with Gasteiger partial charge in [0, 0.05) is 55.9 Å². The summed E-state index contributed by atoms with van der Waals surface area (Å²) >= 11 is 0. The number of hydrogen-bond donors (Lipinski definition) is 9. The van der Waals surface area contributed by atoms with Crippen LogP contribution in [0.2, 0.25) is 0 Å². The van der Waals surface area contributed by atoms with Crippen LogP contribution in [0.3, 0.4) is 0 Å². The van der Waals surface area contributed by atoms with Crippen molar-refractivity contribution >= 4 is 54.3 Å². The van der Waals surface area contributed by atoms with E-state index in [4.69, 9.17) is 14.2 Å². The third-order valence-electron chi connectivity index (χ3n) is 9.27. The third kappa shape index (κ3) is 8.57. The molecular weight excluding hydrogens is 721 g/mol. The van der Waals surface area contributed by atoms with Crippen LogP contribution in [0.5, 0.6) is 0 Å². The highest BCUT2D eigenvalue weighted by Crippen LogP contribution is 2.43. The lowest BCUT2D eigenvalue weighted by molar-refractivity contribution is -0.564. The van der Waals surface area contributed by atoms with Gasteiger partial charge in [-0.05, 0) is 42.0 Å². The fourth-order valence-electron chi connectivity index (χ4n) is 6.00. The average Bonchev–Trinajstić information content (AvgIpc) is 3.17. The molecule has 1 saturated heterocycles. The maximum Gasteiger partial charge on any atom is 0.337 e. The number of nitrogens with one attached hydrogen (secondary N) is 2. The first-order valence-electron chi connectivity index (χ1n) is 16.9. The van der Waals surface area contributed by atoms with E-state index in [1.807, 2.05) is 6.07 Å². The molecule has 4 rings (SSSR count). The minimum atomic E-state index is -3.93. The topological polar surface area (TPSA) is 254 Å². The largest absolute Gasteiger partial charge is 0.465 e. The molecular formula is C36H46BN5O13. The first kappa shape index (κ1) is 43.0. The molecule has 0 spiro atoms. The van der Waals surface area contributed by atoms with E-state index in [0.717, 1.165) is 12.7 Å². The van der Waals surface area contributed by atoms with Crippen molar-refractivity contribution in [3.63, 3.8) is 0 Å². The molecule has 55 heavy (non-hydrogen) atoms. The van der Waals surface area contributed by atoms with Gasteiger partial charge in [0.05, 0.1) is 44.7 Å². The summed E-state index contributed by atoms with van der Waals surface area (Å²) in [5, 5.41) is 83.0. The first-order chi connectivity index (χ1) is 25.9. The van der Waals surface area contributed by atoms with Gasteiger partial charge >= 0.3 is 11.9 Å². The zero-order chi connectivity index (χ0) is 40.8. The Labute approximate surface area is 317 Å². The molecule has 0 aliphatic carbocycles. The van der Waals surface area contributed by atoms with E-state index >= 15 is 0 Å². The van der Waals surface area contributed by atoms with Crippen molar-refractivity contribution in [1.82, 2.24) is 9.80 Å². The maximum absolute atomic E-state index is 13.5. The second kappa shape index (κ2) is 17.4. The molecule has 296 valence electrons. The molecule has 3 aromatic rings. The number of nitrogens with zero attached hydrogens (tertiary/aromatic N) is 3. The van der Waals surface area contributed by atoms with Gasteiger partial charge < -0.3 is 65.5 Å². The minimum absolute atomic E-state index is 0.0590. The summed E-state index contributed by atoms with van der Waals surface area (Å²) in [4.78, 5) is 39.4. The monoisotopic (exact) mass is 767 g/mol. The zero-order valence-electron chi connectivity index (χ0n) is 31.0. The molecule has 0 saturated carbocycles. The van der Waals surface area contributed by atoms with Gasteiger partial charge in [0.15, 0.2) is 19.8 Å². The van der Waals surface area contributed by atoms with Crippen LogP contribution >= 0.6 is 0 Å². The van der Waals surface area contributed by atoms with Crippen molar-refractivity contribution in [3.8, 4) is 0 Å². The number of methoxy groups -OCH3 is 2. The predicted molar refractivity (Wildman–Crippen MR) is 201 cm³/mol. The maximum atomic E-state index is 13.5. The van der Waals surface area contributed by atoms with Crippen LogP contribution in [-0.2, 0) is 23.8 Å². The number of benzene rings is 3. The van der Waals surface area contributed by atoms with Crippen LogP contribution in [0.15, 0.2) is 72.8 Å². The summed E-state index contributed by atoms with van der Waals surface area (Å²) in [6.07, 6.45) is 0.677. The molecule has 0 aromatic heterocycles. The lowest BCUT2D eigenvalue weighted by Gasteiger charge is -2.62. The fraction of sp³-hybridized carbons (Fsp3) is 0.361. The normalized spacial score (nSPS) is 19.5. The van der Waals surface area contributed by atoms with Gasteiger partial charge in [-0.2, -0.15) is 4.90 Å². The molecule has 9 N–H and O–H groups in total. The van der Waals surface area contributed by atoms with Gasteiger partial charge in [0.2, 0.25) is 5.91 Å². The number of allylic oxidation sites excluding steroid dienone is 1. The number of amides is 1. The number of anilines is 3. The highest BCUT2D eigenvalue weighted by atomic mass is 16.7. The van der Waals surface area contributed by atoms with Crippen molar-refractivity contribution in [3.05, 3.63) is 89.5 Å². The van der Waals surface area contributed by atoms with Crippen LogP contribution in [0, 0.1) is 0 Å². The molecule has 1 aliphatic heterocycles. The third-order valence-corrected chi connectivity index (χ3v) is 9.27. The van der Waals surface area contributed by atoms with E-state index in [9.17, 15) is 50.1 Å². The Bertz CT molecular complexity index is 1830. The van der Waals surface area contributed by atoms with Crippen LogP contribution in [-0.4, -0.2) is 156 Å². The molecule has 1 fully saturated rings. The number of carbonyl (C=O) groups excluding carboxylic acids is 3. The number of aldehydes is 1. The smallest absolute Gasteiger partial charge is 0.337 e. The van der Waals surface area contributed by atoms with Crippen LogP contribution in [0.25, 0.3) is 11.3 Å². The van der Waals surface area contributed by atoms with Crippen molar-refractivity contribution in [2.45, 2.75) is 23.4 Å². The molecule has 0 bridgehead atoms. The molecule has 18 nitrogen and oxygen atoms in total. The number of carbonyl (C=O) groups is 3. The molecule has 1 amide bonds. The van der Waals surface area contributed by atoms with E-state index < -0.39 is 48.3 Å². The number of likely N-dealkylation sites (N-methyl/N-ethyl adjacent to an activating group) is 1. The second-order valence-corrected chi connectivity index (χ2v) is 12.7. The summed E-state index contributed by atoms with van der Waals surface area (Å²) in [5.41, 5.74) is 0.224. The van der Waals surface area contributed by atoms with Crippen molar-refractivity contribution in [2.24, 2.45) is 0 Å². The van der Waals surface area contributed by atoms with Crippen molar-refractivity contribution < 1.29 is 64.3 Å². The van der Waals surface area contributed by atoms with E-state index in [2.05, 4.69) is 10.6 Å². The number of aliphatic hydroxyl groups is 7. The summed E-state index contributed by atoms with van der Waals surface area (Å²) in [5.74, 6) is -12.9. The molecule has 3 aromatic carbocycles. The summed E-state index contributed by atoms with van der Waals surface area (Å²) in [7, 11) is 6.40. The lowest BCUT2D eigenvalue weighted by atomic mass is 9.80. The molecule has 1 aliphatic rings. The van der Waals surface area contributed by atoms with Gasteiger partial charge in [-0.1, -0.05) is 36.4 Å². The summed E-state index contributed by atoms with van der Waals surface area (Å²) in [6, 6.07) is 19.9. The Kier molecular flexibility index (Phi) is 13.6. The predicted octanol–water partition coefficient (Wildman–Crippen LogP) is -1.87. The van der Waals surface area contributed by atoms with E-state index in [-0.39, 0.29) is 46.4 Å². The van der Waals surface area contributed by atoms with Gasteiger partial charge in [-0.25, -0.2) is 9.69 Å². The highest BCUT2D eigenvalue weighted by molar-refractivity contribution is 6.20. The van der Waals surface area contributed by atoms with Crippen LogP contribution < -0.4 is 15.5 Å². The molecule has 1 atom stereocenters. The molecule has 19 heteroatoms. The number of rotatable bonds is 16. The van der Waals surface area contributed by atoms with E-state index in [1.165, 1.54) is 39.5 Å². The standard InChI is InChI=1S/C36H46BN5O13/c1-38-29-20-24(32(45)54-4)10-15-27(29)28(22-43)31(23-8-6-5-7-9-23)39-25-11-13-26(14-12-25)40(2)30(44)21-42-34(47,48)33(37,46)41(16-17-55-19-18-53-3)35(49,50)36(42,51)52/h5-15,20,22,38-39,46-52H,16-19,21,37H2,1-4H3/b31-28+. The first-order valence-corrected chi connectivity index (χ1v) is 16.9. The van der Waals surface area contributed by atoms with Crippen molar-refractivity contribution in [2.75, 3.05) is 76.8 Å². The average molecular weight is 768 g/mol. The minimum Gasteiger partial charge on any atom is -0.465 e. The number of ether oxygens (including phenoxy) is 3. The number of hydrogen-bond acceptors (Lipinski definition) is 17. The van der Waals surface area contributed by atoms with Crippen molar-refractivity contribution in [1.29, 1.82) is 0 Å². The lowest BCUT2D eigenvalue weighted by Crippen LogP contribution is -2.91. The van der Waals surface area contributed by atoms with E-state index in [1.54, 1.807) is 55.6 Å². The van der Waals surface area contributed by atoms with Gasteiger partial charge in [0.1, 0.15) is 0 Å². The second-order valence-electron chi connectivity index (χ2n) is 12.7. The Balaban J connectivity index is 1.60. The summed E-state index contributed by atoms with van der Waals surface area (Å²) < 4.78 is 14.9. The fourth-order valence-corrected chi connectivity index (χ4v) is 6.00. The highest BCUT2D eigenvalue weighted by Gasteiger charge is 2.74. The molecule has 1 unspecified atom stereocenters. The quantitative estimate of drug-likeness (QED) is 0.0147. The Morgan fingerprint density at radius 2 is 1.47 bits per heavy atom. The SMILES string of the molecule is BC1(O)N(CCOCCOC)C(O)(O)C(O)(O)N(CC(=O)N(C)c2ccc(N/C(=C(\C=O)c3ccc(C(=O)OC)cc3NC)c3ccccc3)cc2)C1(O)O. The number of esters is 1. The van der Waals surface area contributed by atoms with Crippen LogP contribution in [0.4, 0.5) is 17.1 Å². The zero-order valence-corrected chi connectivity index (χ0v) is 31.0. The van der Waals surface area contributed by atoms with E-state index in [0.29, 0.717) is 34.5 Å². The number of piperazine rings is 1. The van der Waals surface area contributed by atoms with Crippen LogP contribution in [0.1, 0.15) is 21.5 Å². The Hall–Kier alpha value is -4.77. The van der Waals surface area contributed by atoms with Gasteiger partial charge in [-0.15, -0.1) is 0 Å². The Morgan fingerprint density at radius 3 is 2.05 bits per heavy atom. The summed E-state index contributed by atoms with van der Waals surface area (Å²) in [6.45, 7) is -1.98. The molecule has 1 heterocycles. The molecule has 0 radical (unpaired) electrons. The van der Waals surface area contributed by atoms with Gasteiger partial charge in [-0.3, -0.25) is 9.59 Å². The Morgan fingerprint density at radius 1 is 0.836 bits per heavy atom.